The number of anilines is 1. The van der Waals surface area contributed by atoms with Gasteiger partial charge in [0.25, 0.3) is 11.8 Å². The van der Waals surface area contributed by atoms with Crippen molar-refractivity contribution in [2.45, 2.75) is 32.6 Å². The van der Waals surface area contributed by atoms with Crippen molar-refractivity contribution in [2.75, 3.05) is 5.32 Å². The van der Waals surface area contributed by atoms with Crippen LogP contribution in [0.5, 0.6) is 0 Å². The van der Waals surface area contributed by atoms with Gasteiger partial charge in [-0.1, -0.05) is 26.8 Å². The van der Waals surface area contributed by atoms with Crippen molar-refractivity contribution in [3.8, 4) is 0 Å². The number of nitrogens with two attached hydrogens (primary N) is 1. The molecule has 0 saturated heterocycles. The maximum Gasteiger partial charge on any atom is 0.267 e. The molecular weight excluding hydrogens is 402 g/mol. The standard InChI is InChI=1S/C23H22F2N4O2/c1-23(2,3)20-10-14(8-13-4-5-17(24)18(25)9-13)16(12-28-20)22(31)29-15-6-7-27-19(11-15)21(26)30/h4-7,9-12H,8H2,1-3H3,(H2,26,30)(H,27,29,31). The highest BCUT2D eigenvalue weighted by Gasteiger charge is 2.20. The third-order valence-corrected chi connectivity index (χ3v) is 4.65. The smallest absolute Gasteiger partial charge is 0.267 e. The molecule has 0 saturated carbocycles. The first-order valence-corrected chi connectivity index (χ1v) is 9.55. The van der Waals surface area contributed by atoms with Crippen molar-refractivity contribution in [1.82, 2.24) is 9.97 Å². The predicted molar refractivity (Wildman–Crippen MR) is 113 cm³/mol. The van der Waals surface area contributed by atoms with E-state index in [-0.39, 0.29) is 23.1 Å². The number of rotatable bonds is 5. The lowest BCUT2D eigenvalue weighted by Crippen LogP contribution is -2.19. The van der Waals surface area contributed by atoms with Crippen molar-refractivity contribution < 1.29 is 18.4 Å². The minimum atomic E-state index is -0.954. The van der Waals surface area contributed by atoms with Gasteiger partial charge in [-0.15, -0.1) is 0 Å². The van der Waals surface area contributed by atoms with Crippen molar-refractivity contribution in [1.29, 1.82) is 0 Å². The van der Waals surface area contributed by atoms with Gasteiger partial charge >= 0.3 is 0 Å². The highest BCUT2D eigenvalue weighted by molar-refractivity contribution is 6.05. The second kappa shape index (κ2) is 8.59. The molecule has 160 valence electrons. The number of nitrogens with one attached hydrogen (secondary N) is 1. The minimum Gasteiger partial charge on any atom is -0.364 e. The van der Waals surface area contributed by atoms with Gasteiger partial charge < -0.3 is 11.1 Å². The predicted octanol–water partition coefficient (Wildman–Crippen LogP) is 3.99. The van der Waals surface area contributed by atoms with E-state index in [2.05, 4.69) is 15.3 Å². The number of primary amides is 1. The van der Waals surface area contributed by atoms with Crippen LogP contribution >= 0.6 is 0 Å². The second-order valence-electron chi connectivity index (χ2n) is 8.15. The molecule has 31 heavy (non-hydrogen) atoms. The van der Waals surface area contributed by atoms with Gasteiger partial charge in [0.2, 0.25) is 0 Å². The summed E-state index contributed by atoms with van der Waals surface area (Å²) in [7, 11) is 0. The Balaban J connectivity index is 1.98. The normalized spacial score (nSPS) is 11.3. The first kappa shape index (κ1) is 22.0. The van der Waals surface area contributed by atoms with E-state index in [0.717, 1.165) is 17.8 Å². The Labute approximate surface area is 178 Å². The number of benzene rings is 1. The average Bonchev–Trinajstić information content (AvgIpc) is 2.70. The fourth-order valence-electron chi connectivity index (χ4n) is 2.97. The Bertz CT molecular complexity index is 1160. The fourth-order valence-corrected chi connectivity index (χ4v) is 2.97. The van der Waals surface area contributed by atoms with Crippen molar-refractivity contribution in [3.05, 3.63) is 88.5 Å². The van der Waals surface area contributed by atoms with E-state index in [1.54, 1.807) is 6.07 Å². The summed E-state index contributed by atoms with van der Waals surface area (Å²) in [5.41, 5.74) is 7.45. The van der Waals surface area contributed by atoms with Crippen LogP contribution in [0.3, 0.4) is 0 Å². The van der Waals surface area contributed by atoms with Crippen molar-refractivity contribution in [2.24, 2.45) is 5.73 Å². The molecule has 8 heteroatoms. The van der Waals surface area contributed by atoms with E-state index in [4.69, 9.17) is 5.73 Å². The van der Waals surface area contributed by atoms with E-state index in [9.17, 15) is 18.4 Å². The lowest BCUT2D eigenvalue weighted by molar-refractivity contribution is 0.0991. The zero-order valence-electron chi connectivity index (χ0n) is 17.4. The van der Waals surface area contributed by atoms with Gasteiger partial charge in [-0.05, 0) is 47.9 Å². The van der Waals surface area contributed by atoms with Crippen LogP contribution in [0.1, 0.15) is 58.4 Å². The van der Waals surface area contributed by atoms with Crippen LogP contribution in [0.25, 0.3) is 0 Å². The Morgan fingerprint density at radius 1 is 1.03 bits per heavy atom. The summed E-state index contributed by atoms with van der Waals surface area (Å²) in [6.45, 7) is 5.95. The van der Waals surface area contributed by atoms with Crippen molar-refractivity contribution >= 4 is 17.5 Å². The molecule has 0 spiro atoms. The minimum absolute atomic E-state index is 0.0148. The van der Waals surface area contributed by atoms with Crippen LogP contribution in [0.15, 0.2) is 48.8 Å². The number of aromatic nitrogens is 2. The van der Waals surface area contributed by atoms with Crippen LogP contribution < -0.4 is 11.1 Å². The average molecular weight is 424 g/mol. The molecule has 0 atom stereocenters. The number of carbonyl (C=O) groups is 2. The molecule has 0 bridgehead atoms. The van der Waals surface area contributed by atoms with Crippen LogP contribution in [0.2, 0.25) is 0 Å². The molecule has 3 N–H and O–H groups in total. The Morgan fingerprint density at radius 3 is 2.42 bits per heavy atom. The van der Waals surface area contributed by atoms with Crippen molar-refractivity contribution in [3.63, 3.8) is 0 Å². The molecule has 0 aliphatic carbocycles. The first-order chi connectivity index (χ1) is 14.5. The number of halogens is 2. The number of hydrogen-bond donors (Lipinski definition) is 2. The summed E-state index contributed by atoms with van der Waals surface area (Å²) in [6, 6.07) is 8.31. The van der Waals surface area contributed by atoms with E-state index in [1.165, 1.54) is 30.6 Å². The summed E-state index contributed by atoms with van der Waals surface area (Å²) in [5.74, 6) is -3.07. The highest BCUT2D eigenvalue weighted by Crippen LogP contribution is 2.25. The summed E-state index contributed by atoms with van der Waals surface area (Å²) < 4.78 is 27.0. The largest absolute Gasteiger partial charge is 0.364 e. The molecule has 1 aromatic carbocycles. The molecule has 0 aliphatic rings. The molecule has 2 aromatic heterocycles. The lowest BCUT2D eigenvalue weighted by atomic mass is 9.89. The molecule has 3 aromatic rings. The third-order valence-electron chi connectivity index (χ3n) is 4.65. The maximum absolute atomic E-state index is 13.7. The highest BCUT2D eigenvalue weighted by atomic mass is 19.2. The molecule has 0 radical (unpaired) electrons. The Morgan fingerprint density at radius 2 is 1.77 bits per heavy atom. The van der Waals surface area contributed by atoms with Gasteiger partial charge in [0.15, 0.2) is 11.6 Å². The van der Waals surface area contributed by atoms with E-state index in [1.807, 2.05) is 20.8 Å². The number of hydrogen-bond acceptors (Lipinski definition) is 4. The van der Waals surface area contributed by atoms with Crippen LogP contribution in [0.4, 0.5) is 14.5 Å². The van der Waals surface area contributed by atoms with Crippen LogP contribution in [0, 0.1) is 11.6 Å². The van der Waals surface area contributed by atoms with Gasteiger partial charge in [-0.25, -0.2) is 8.78 Å². The number of nitrogens with zero attached hydrogens (tertiary/aromatic N) is 2. The maximum atomic E-state index is 13.7. The number of amides is 2. The summed E-state index contributed by atoms with van der Waals surface area (Å²) in [6.07, 6.45) is 3.02. The van der Waals surface area contributed by atoms with Crippen LogP contribution in [-0.2, 0) is 11.8 Å². The van der Waals surface area contributed by atoms with E-state index in [0.29, 0.717) is 16.8 Å². The quantitative estimate of drug-likeness (QED) is 0.647. The SMILES string of the molecule is CC(C)(C)c1cc(Cc2ccc(F)c(F)c2)c(C(=O)Nc2ccnc(C(N)=O)c2)cn1. The fraction of sp³-hybridized carbons (Fsp3) is 0.217. The Hall–Kier alpha value is -3.68. The van der Waals surface area contributed by atoms with Crippen LogP contribution in [-0.4, -0.2) is 21.8 Å². The topological polar surface area (TPSA) is 98.0 Å². The molecule has 2 heterocycles. The first-order valence-electron chi connectivity index (χ1n) is 9.55. The van der Waals surface area contributed by atoms with E-state index < -0.39 is 23.4 Å². The molecule has 0 unspecified atom stereocenters. The van der Waals surface area contributed by atoms with Gasteiger partial charge in [0.05, 0.1) is 5.56 Å². The molecule has 2 amide bonds. The molecule has 3 rings (SSSR count). The summed E-state index contributed by atoms with van der Waals surface area (Å²) in [5, 5.41) is 2.70. The third kappa shape index (κ3) is 5.28. The zero-order chi connectivity index (χ0) is 22.8. The van der Waals surface area contributed by atoms with Gasteiger partial charge in [0, 0.05) is 29.2 Å². The monoisotopic (exact) mass is 424 g/mol. The lowest BCUT2D eigenvalue weighted by Gasteiger charge is -2.20. The molecular formula is C23H22F2N4O2. The molecule has 6 nitrogen and oxygen atoms in total. The molecule has 0 aliphatic heterocycles. The van der Waals surface area contributed by atoms with E-state index >= 15 is 0 Å². The number of pyridine rings is 2. The summed E-state index contributed by atoms with van der Waals surface area (Å²) in [4.78, 5) is 32.5. The molecule has 0 fully saturated rings. The van der Waals surface area contributed by atoms with Gasteiger partial charge in [0.1, 0.15) is 5.69 Å². The summed E-state index contributed by atoms with van der Waals surface area (Å²) >= 11 is 0. The Kier molecular flexibility index (Phi) is 6.10. The van der Waals surface area contributed by atoms with Gasteiger partial charge in [-0.2, -0.15) is 0 Å². The number of carbonyl (C=O) groups excluding carboxylic acids is 2. The zero-order valence-corrected chi connectivity index (χ0v) is 17.4. The second-order valence-corrected chi connectivity index (χ2v) is 8.15. The van der Waals surface area contributed by atoms with Gasteiger partial charge in [-0.3, -0.25) is 19.6 Å².